The average molecular weight is 441 g/mol. The van der Waals surface area contributed by atoms with Crippen molar-refractivity contribution in [3.05, 3.63) is 95.6 Å². The van der Waals surface area contributed by atoms with Gasteiger partial charge in [-0.15, -0.1) is 0 Å². The number of nitrogens with zero attached hydrogens (tertiary/aromatic N) is 1. The minimum absolute atomic E-state index is 0.108. The summed E-state index contributed by atoms with van der Waals surface area (Å²) in [5.74, 6) is 1.74. The number of Topliss-reactive ketones (excluding diaryl/α,β-unsaturated/α-hetero) is 1. The minimum Gasteiger partial charge on any atom is -0.457 e. The fourth-order valence-corrected chi connectivity index (χ4v) is 4.98. The Morgan fingerprint density at radius 3 is 2.30 bits per heavy atom. The Morgan fingerprint density at radius 1 is 0.879 bits per heavy atom. The molecule has 1 spiro atoms. The van der Waals surface area contributed by atoms with Crippen LogP contribution in [0.4, 0.5) is 0 Å². The fraction of sp³-hybridized carbons (Fsp3) is 0.286. The number of hydrogen-bond acceptors (Lipinski definition) is 4. The van der Waals surface area contributed by atoms with Gasteiger partial charge < -0.3 is 15.0 Å². The van der Waals surface area contributed by atoms with E-state index in [2.05, 4.69) is 28.4 Å². The summed E-state index contributed by atoms with van der Waals surface area (Å²) in [6, 6.07) is 25.2. The molecule has 2 aliphatic rings. The number of benzene rings is 3. The summed E-state index contributed by atoms with van der Waals surface area (Å²) in [6.45, 7) is 2.46. The Labute approximate surface area is 194 Å². The SMILES string of the molecule is O=C1Cc2ccccc2C2(CCN(CCC(=O)c3ccc(Oc4ccccc4)cc3)CC2)N1. The predicted molar refractivity (Wildman–Crippen MR) is 128 cm³/mol. The molecule has 5 heteroatoms. The van der Waals surface area contributed by atoms with Gasteiger partial charge >= 0.3 is 0 Å². The normalized spacial score (nSPS) is 17.3. The summed E-state index contributed by atoms with van der Waals surface area (Å²) in [7, 11) is 0. The van der Waals surface area contributed by atoms with Crippen LogP contribution in [-0.2, 0) is 16.8 Å². The lowest BCUT2D eigenvalue weighted by atomic mass is 9.75. The molecule has 1 amide bonds. The number of piperidine rings is 1. The van der Waals surface area contributed by atoms with Crippen molar-refractivity contribution in [1.29, 1.82) is 0 Å². The molecule has 2 heterocycles. The summed E-state index contributed by atoms with van der Waals surface area (Å²) in [5, 5.41) is 3.28. The Kier molecular flexibility index (Phi) is 5.97. The topological polar surface area (TPSA) is 58.6 Å². The smallest absolute Gasteiger partial charge is 0.225 e. The molecule has 1 N–H and O–H groups in total. The van der Waals surface area contributed by atoms with Gasteiger partial charge in [0.25, 0.3) is 0 Å². The van der Waals surface area contributed by atoms with E-state index in [4.69, 9.17) is 4.74 Å². The Balaban J connectivity index is 1.15. The summed E-state index contributed by atoms with van der Waals surface area (Å²) >= 11 is 0. The number of carbonyl (C=O) groups excluding carboxylic acids is 2. The Bertz CT molecular complexity index is 1130. The summed E-state index contributed by atoms with van der Waals surface area (Å²) < 4.78 is 5.81. The molecule has 2 aliphatic heterocycles. The Hall–Kier alpha value is -3.44. The van der Waals surface area contributed by atoms with E-state index in [1.54, 1.807) is 0 Å². The summed E-state index contributed by atoms with van der Waals surface area (Å²) in [4.78, 5) is 27.4. The zero-order valence-corrected chi connectivity index (χ0v) is 18.6. The van der Waals surface area contributed by atoms with Crippen molar-refractivity contribution >= 4 is 11.7 Å². The third kappa shape index (κ3) is 4.69. The lowest BCUT2D eigenvalue weighted by Gasteiger charge is -2.45. The molecule has 5 rings (SSSR count). The van der Waals surface area contributed by atoms with Crippen LogP contribution >= 0.6 is 0 Å². The molecule has 0 aliphatic carbocycles. The van der Waals surface area contributed by atoms with Gasteiger partial charge in [0.15, 0.2) is 5.78 Å². The van der Waals surface area contributed by atoms with E-state index in [0.717, 1.165) is 43.8 Å². The molecule has 0 radical (unpaired) electrons. The molecular weight excluding hydrogens is 412 g/mol. The van der Waals surface area contributed by atoms with Gasteiger partial charge in [0.05, 0.1) is 12.0 Å². The number of amides is 1. The van der Waals surface area contributed by atoms with E-state index >= 15 is 0 Å². The van der Waals surface area contributed by atoms with Crippen molar-refractivity contribution in [2.45, 2.75) is 31.2 Å². The van der Waals surface area contributed by atoms with Crippen molar-refractivity contribution in [1.82, 2.24) is 10.2 Å². The maximum atomic E-state index is 12.7. The third-order valence-corrected chi connectivity index (χ3v) is 6.78. The van der Waals surface area contributed by atoms with Crippen molar-refractivity contribution in [2.24, 2.45) is 0 Å². The second-order valence-electron chi connectivity index (χ2n) is 8.92. The number of hydrogen-bond donors (Lipinski definition) is 1. The van der Waals surface area contributed by atoms with Crippen LogP contribution in [0.25, 0.3) is 0 Å². The number of carbonyl (C=O) groups is 2. The first-order valence-corrected chi connectivity index (χ1v) is 11.6. The maximum absolute atomic E-state index is 12.7. The fourth-order valence-electron chi connectivity index (χ4n) is 4.98. The van der Waals surface area contributed by atoms with Gasteiger partial charge in [-0.2, -0.15) is 0 Å². The van der Waals surface area contributed by atoms with Crippen molar-refractivity contribution in [3.8, 4) is 11.5 Å². The second kappa shape index (κ2) is 9.20. The molecule has 3 aromatic rings. The summed E-state index contributed by atoms with van der Waals surface area (Å²) in [5.41, 5.74) is 2.85. The predicted octanol–water partition coefficient (Wildman–Crippen LogP) is 4.72. The molecule has 0 unspecified atom stereocenters. The number of nitrogens with one attached hydrogen (secondary N) is 1. The standard InChI is InChI=1S/C28H28N2O3/c31-26(21-10-12-24(13-11-21)33-23-7-2-1-3-8-23)14-17-30-18-15-28(16-19-30)25-9-5-4-6-22(25)20-27(32)29-28/h1-13H,14-20H2,(H,29,32). The van der Waals surface area contributed by atoms with E-state index in [1.165, 1.54) is 5.56 Å². The average Bonchev–Trinajstić information content (AvgIpc) is 2.84. The quantitative estimate of drug-likeness (QED) is 0.564. The molecule has 3 aromatic carbocycles. The van der Waals surface area contributed by atoms with Gasteiger partial charge in [-0.1, -0.05) is 42.5 Å². The van der Waals surface area contributed by atoms with E-state index in [1.807, 2.05) is 60.7 Å². The number of para-hydroxylation sites is 1. The molecule has 1 fully saturated rings. The molecule has 0 atom stereocenters. The zero-order chi connectivity index (χ0) is 22.7. The Morgan fingerprint density at radius 2 is 1.55 bits per heavy atom. The highest BCUT2D eigenvalue weighted by molar-refractivity contribution is 5.96. The number of rotatable bonds is 6. The molecule has 5 nitrogen and oxygen atoms in total. The molecule has 33 heavy (non-hydrogen) atoms. The molecular formula is C28H28N2O3. The third-order valence-electron chi connectivity index (χ3n) is 6.78. The molecule has 1 saturated heterocycles. The van der Waals surface area contributed by atoms with Gasteiger partial charge in [0, 0.05) is 31.6 Å². The lowest BCUT2D eigenvalue weighted by Crippen LogP contribution is -2.56. The summed E-state index contributed by atoms with van der Waals surface area (Å²) in [6.07, 6.45) is 2.69. The van der Waals surface area contributed by atoms with Gasteiger partial charge in [-0.05, 0) is 60.4 Å². The van der Waals surface area contributed by atoms with Gasteiger partial charge in [0.2, 0.25) is 5.91 Å². The van der Waals surface area contributed by atoms with Crippen molar-refractivity contribution < 1.29 is 14.3 Å². The highest BCUT2D eigenvalue weighted by Gasteiger charge is 2.41. The maximum Gasteiger partial charge on any atom is 0.225 e. The van der Waals surface area contributed by atoms with E-state index in [9.17, 15) is 9.59 Å². The first-order valence-electron chi connectivity index (χ1n) is 11.6. The monoisotopic (exact) mass is 440 g/mol. The molecule has 0 bridgehead atoms. The highest BCUT2D eigenvalue weighted by atomic mass is 16.5. The number of ether oxygens (including phenoxy) is 1. The first kappa shape index (κ1) is 21.4. The molecule has 168 valence electrons. The van der Waals surface area contributed by atoms with Crippen LogP contribution in [0.2, 0.25) is 0 Å². The van der Waals surface area contributed by atoms with Gasteiger partial charge in [-0.3, -0.25) is 9.59 Å². The highest BCUT2D eigenvalue weighted by Crippen LogP contribution is 2.37. The van der Waals surface area contributed by atoms with Crippen molar-refractivity contribution in [2.75, 3.05) is 19.6 Å². The second-order valence-corrected chi connectivity index (χ2v) is 8.92. The van der Waals surface area contributed by atoms with Crippen LogP contribution in [0, 0.1) is 0 Å². The number of likely N-dealkylation sites (tertiary alicyclic amines) is 1. The van der Waals surface area contributed by atoms with E-state index < -0.39 is 0 Å². The molecule has 0 aromatic heterocycles. The first-order chi connectivity index (χ1) is 16.1. The number of ketones is 1. The van der Waals surface area contributed by atoms with Crippen LogP contribution < -0.4 is 10.1 Å². The van der Waals surface area contributed by atoms with Gasteiger partial charge in [0.1, 0.15) is 11.5 Å². The van der Waals surface area contributed by atoms with Crippen LogP contribution in [0.1, 0.15) is 40.7 Å². The van der Waals surface area contributed by atoms with E-state index in [-0.39, 0.29) is 17.2 Å². The van der Waals surface area contributed by atoms with E-state index in [0.29, 0.717) is 24.2 Å². The van der Waals surface area contributed by atoms with Crippen LogP contribution in [0.3, 0.4) is 0 Å². The minimum atomic E-state index is -0.263. The number of fused-ring (bicyclic) bond motifs is 2. The lowest BCUT2D eigenvalue weighted by molar-refractivity contribution is -0.124. The van der Waals surface area contributed by atoms with Crippen LogP contribution in [0.15, 0.2) is 78.9 Å². The van der Waals surface area contributed by atoms with Gasteiger partial charge in [-0.25, -0.2) is 0 Å². The van der Waals surface area contributed by atoms with Crippen LogP contribution in [-0.4, -0.2) is 36.2 Å². The molecule has 0 saturated carbocycles. The zero-order valence-electron chi connectivity index (χ0n) is 18.6. The van der Waals surface area contributed by atoms with Crippen molar-refractivity contribution in [3.63, 3.8) is 0 Å². The largest absolute Gasteiger partial charge is 0.457 e. The van der Waals surface area contributed by atoms with Crippen LogP contribution in [0.5, 0.6) is 11.5 Å².